The number of guanidine groups is 1. The maximum Gasteiger partial charge on any atom is 0.191 e. The lowest BCUT2D eigenvalue weighted by atomic mass is 9.82. The number of hydrogen-bond acceptors (Lipinski definition) is 1. The maximum absolute atomic E-state index is 4.70. The molecule has 17 heavy (non-hydrogen) atoms. The summed E-state index contributed by atoms with van der Waals surface area (Å²) in [7, 11) is 0. The Kier molecular flexibility index (Phi) is 7.06. The fourth-order valence-electron chi connectivity index (χ4n) is 2.53. The van der Waals surface area contributed by atoms with Crippen LogP contribution in [0.3, 0.4) is 0 Å². The van der Waals surface area contributed by atoms with Crippen LogP contribution in [0.25, 0.3) is 0 Å². The molecule has 0 aromatic rings. The zero-order valence-electron chi connectivity index (χ0n) is 11.8. The lowest BCUT2D eigenvalue weighted by molar-refractivity contribution is 0.289. The first-order valence-corrected chi connectivity index (χ1v) is 7.28. The highest BCUT2D eigenvalue weighted by molar-refractivity contribution is 5.79. The number of aliphatic imine (C=N–C) groups is 1. The van der Waals surface area contributed by atoms with Crippen molar-refractivity contribution in [2.24, 2.45) is 16.8 Å². The van der Waals surface area contributed by atoms with E-state index in [1.54, 1.807) is 0 Å². The quantitative estimate of drug-likeness (QED) is 0.572. The highest BCUT2D eigenvalue weighted by Crippen LogP contribution is 2.28. The summed E-state index contributed by atoms with van der Waals surface area (Å²) in [5.74, 6) is 2.69. The Labute approximate surface area is 106 Å². The van der Waals surface area contributed by atoms with Crippen LogP contribution in [0.1, 0.15) is 52.9 Å². The van der Waals surface area contributed by atoms with E-state index in [1.165, 1.54) is 25.7 Å². The van der Waals surface area contributed by atoms with Crippen molar-refractivity contribution in [2.75, 3.05) is 19.6 Å². The van der Waals surface area contributed by atoms with Crippen LogP contribution in [0, 0.1) is 11.8 Å². The molecule has 1 rings (SSSR count). The number of rotatable bonds is 5. The molecule has 2 unspecified atom stereocenters. The molecule has 2 atom stereocenters. The average molecular weight is 239 g/mol. The Morgan fingerprint density at radius 1 is 1.24 bits per heavy atom. The van der Waals surface area contributed by atoms with E-state index in [-0.39, 0.29) is 0 Å². The molecule has 2 N–H and O–H groups in total. The second kappa shape index (κ2) is 8.37. The van der Waals surface area contributed by atoms with E-state index in [4.69, 9.17) is 4.99 Å². The van der Waals surface area contributed by atoms with Gasteiger partial charge >= 0.3 is 0 Å². The van der Waals surface area contributed by atoms with Gasteiger partial charge in [-0.25, -0.2) is 0 Å². The highest BCUT2D eigenvalue weighted by atomic mass is 15.2. The molecule has 1 aliphatic rings. The molecule has 0 bridgehead atoms. The predicted molar refractivity (Wildman–Crippen MR) is 75.4 cm³/mol. The standard InChI is InChI=1S/C14H29N3/c1-4-9-16-14(15-5-2)17-11-13-8-6-7-12(3)10-13/h12-13H,4-11H2,1-3H3,(H2,15,16,17). The highest BCUT2D eigenvalue weighted by Gasteiger charge is 2.18. The van der Waals surface area contributed by atoms with Gasteiger partial charge in [0, 0.05) is 19.6 Å². The summed E-state index contributed by atoms with van der Waals surface area (Å²) in [5, 5.41) is 6.67. The zero-order valence-corrected chi connectivity index (χ0v) is 11.8. The minimum Gasteiger partial charge on any atom is -0.357 e. The van der Waals surface area contributed by atoms with Crippen LogP contribution in [0.4, 0.5) is 0 Å². The van der Waals surface area contributed by atoms with Gasteiger partial charge in [0.25, 0.3) is 0 Å². The number of nitrogens with one attached hydrogen (secondary N) is 2. The number of hydrogen-bond donors (Lipinski definition) is 2. The minimum atomic E-state index is 0.802. The van der Waals surface area contributed by atoms with Gasteiger partial charge < -0.3 is 10.6 Å². The van der Waals surface area contributed by atoms with Crippen molar-refractivity contribution in [3.8, 4) is 0 Å². The van der Waals surface area contributed by atoms with Crippen LogP contribution in [0.2, 0.25) is 0 Å². The van der Waals surface area contributed by atoms with Crippen LogP contribution in [-0.2, 0) is 0 Å². The van der Waals surface area contributed by atoms with Gasteiger partial charge in [0.2, 0.25) is 0 Å². The predicted octanol–water partition coefficient (Wildman–Crippen LogP) is 2.78. The van der Waals surface area contributed by atoms with Gasteiger partial charge in [0.05, 0.1) is 0 Å². The molecule has 0 spiro atoms. The molecular formula is C14H29N3. The van der Waals surface area contributed by atoms with E-state index < -0.39 is 0 Å². The third-order valence-corrected chi connectivity index (χ3v) is 3.44. The molecule has 3 nitrogen and oxygen atoms in total. The molecule has 1 aliphatic carbocycles. The van der Waals surface area contributed by atoms with Crippen LogP contribution >= 0.6 is 0 Å². The number of nitrogens with zero attached hydrogens (tertiary/aromatic N) is 1. The second-order valence-electron chi connectivity index (χ2n) is 5.28. The van der Waals surface area contributed by atoms with E-state index in [1.807, 2.05) is 0 Å². The van der Waals surface area contributed by atoms with Crippen molar-refractivity contribution < 1.29 is 0 Å². The molecule has 3 heteroatoms. The topological polar surface area (TPSA) is 36.4 Å². The van der Waals surface area contributed by atoms with Crippen molar-refractivity contribution in [1.29, 1.82) is 0 Å². The molecule has 1 fully saturated rings. The molecular weight excluding hydrogens is 210 g/mol. The monoisotopic (exact) mass is 239 g/mol. The van der Waals surface area contributed by atoms with Crippen molar-refractivity contribution in [1.82, 2.24) is 10.6 Å². The van der Waals surface area contributed by atoms with E-state index in [9.17, 15) is 0 Å². The Hall–Kier alpha value is -0.730. The summed E-state index contributed by atoms with van der Waals surface area (Å²) in [6, 6.07) is 0. The minimum absolute atomic E-state index is 0.802. The Morgan fingerprint density at radius 2 is 2.06 bits per heavy atom. The summed E-state index contributed by atoms with van der Waals surface area (Å²) < 4.78 is 0. The summed E-state index contributed by atoms with van der Waals surface area (Å²) in [4.78, 5) is 4.70. The fourth-order valence-corrected chi connectivity index (χ4v) is 2.53. The third kappa shape index (κ3) is 5.94. The Morgan fingerprint density at radius 3 is 2.71 bits per heavy atom. The molecule has 0 saturated heterocycles. The van der Waals surface area contributed by atoms with Gasteiger partial charge in [-0.15, -0.1) is 0 Å². The first kappa shape index (κ1) is 14.3. The van der Waals surface area contributed by atoms with E-state index in [2.05, 4.69) is 31.4 Å². The fraction of sp³-hybridized carbons (Fsp3) is 0.929. The lowest BCUT2D eigenvalue weighted by Crippen LogP contribution is -2.38. The van der Waals surface area contributed by atoms with Gasteiger partial charge in [-0.1, -0.05) is 26.7 Å². The molecule has 0 radical (unpaired) electrons. The lowest BCUT2D eigenvalue weighted by Gasteiger charge is -2.25. The van der Waals surface area contributed by atoms with Gasteiger partial charge in [0.15, 0.2) is 5.96 Å². The summed E-state index contributed by atoms with van der Waals surface area (Å²) in [5.41, 5.74) is 0. The van der Waals surface area contributed by atoms with Gasteiger partial charge in [-0.2, -0.15) is 0 Å². The average Bonchev–Trinajstić information content (AvgIpc) is 2.33. The molecule has 1 saturated carbocycles. The van der Waals surface area contributed by atoms with E-state index in [0.29, 0.717) is 0 Å². The summed E-state index contributed by atoms with van der Waals surface area (Å²) >= 11 is 0. The molecule has 0 aromatic carbocycles. The van der Waals surface area contributed by atoms with Gasteiger partial charge in [-0.3, -0.25) is 4.99 Å². The summed E-state index contributed by atoms with van der Waals surface area (Å²) in [6.45, 7) is 9.61. The van der Waals surface area contributed by atoms with Gasteiger partial charge in [0.1, 0.15) is 0 Å². The molecule has 0 aliphatic heterocycles. The Balaban J connectivity index is 2.35. The van der Waals surface area contributed by atoms with Crippen molar-refractivity contribution >= 4 is 5.96 Å². The van der Waals surface area contributed by atoms with Crippen LogP contribution < -0.4 is 10.6 Å². The van der Waals surface area contributed by atoms with Crippen LogP contribution in [0.15, 0.2) is 4.99 Å². The van der Waals surface area contributed by atoms with Crippen molar-refractivity contribution in [2.45, 2.75) is 52.9 Å². The normalized spacial score (nSPS) is 25.7. The largest absolute Gasteiger partial charge is 0.357 e. The second-order valence-corrected chi connectivity index (χ2v) is 5.28. The maximum atomic E-state index is 4.70. The third-order valence-electron chi connectivity index (χ3n) is 3.44. The van der Waals surface area contributed by atoms with Crippen LogP contribution in [-0.4, -0.2) is 25.6 Å². The molecule has 0 heterocycles. The SMILES string of the molecule is CCCNC(=NCC1CCCC(C)C1)NCC. The smallest absolute Gasteiger partial charge is 0.191 e. The van der Waals surface area contributed by atoms with E-state index >= 15 is 0 Å². The van der Waals surface area contributed by atoms with Crippen molar-refractivity contribution in [3.05, 3.63) is 0 Å². The Bertz CT molecular complexity index is 226. The van der Waals surface area contributed by atoms with Crippen LogP contribution in [0.5, 0.6) is 0 Å². The first-order chi connectivity index (χ1) is 8.26. The zero-order chi connectivity index (χ0) is 12.5. The van der Waals surface area contributed by atoms with Gasteiger partial charge in [-0.05, 0) is 38.0 Å². The summed E-state index contributed by atoms with van der Waals surface area (Å²) in [6.07, 6.45) is 6.66. The molecule has 0 aromatic heterocycles. The molecule has 100 valence electrons. The van der Waals surface area contributed by atoms with E-state index in [0.717, 1.165) is 43.9 Å². The van der Waals surface area contributed by atoms with Crippen molar-refractivity contribution in [3.63, 3.8) is 0 Å². The molecule has 0 amide bonds. The first-order valence-electron chi connectivity index (χ1n) is 7.28.